The largest absolute Gasteiger partial charge is 1.00 e. The summed E-state index contributed by atoms with van der Waals surface area (Å²) in [6, 6.07) is 39.0. The molecule has 0 spiro atoms. The standard InChI is InChI=1S/C25H29N3O3.C18H22N2O4.C7H9N.Li/c29-21(18-31-24-10-4-9-23-22(24)8-5-13-26-23)17-28-14-11-20(12-15-28)25(30)27-16-19-6-2-1-3-7-19;21-14(11-20-9-6-13(7-10-20)18(22)23)12-24-17-5-1-4-16-15(17)3-2-8-19-16;8-6-7-4-2-1-3-5-7;/h1-10,13,20-21,29H,11-12,14-18H2,(H,27,30);1-5,8,13-14,21H,6-7,9-12H2,(H,22,23);1-5H,6,8H2;/q;;;+1/p-1/t21-;14-;;/m11../s1. The number of piperidine rings is 2. The van der Waals surface area contributed by atoms with Crippen LogP contribution in [0.1, 0.15) is 36.8 Å². The Hall–Kier alpha value is -5.36. The minimum Gasteiger partial charge on any atom is -0.550 e. The van der Waals surface area contributed by atoms with Crippen molar-refractivity contribution in [2.24, 2.45) is 17.6 Å². The van der Waals surface area contributed by atoms with E-state index >= 15 is 0 Å². The Balaban J connectivity index is 0.000000207. The second-order valence-corrected chi connectivity index (χ2v) is 15.9. The smallest absolute Gasteiger partial charge is 0.550 e. The number of carbonyl (C=O) groups excluding carboxylic acids is 2. The van der Waals surface area contributed by atoms with Crippen LogP contribution in [0.15, 0.2) is 134 Å². The fourth-order valence-electron chi connectivity index (χ4n) is 7.75. The number of nitrogens with two attached hydrogens (primary N) is 1. The Bertz CT molecular complexity index is 2280. The Labute approximate surface area is 387 Å². The van der Waals surface area contributed by atoms with Gasteiger partial charge in [-0.25, -0.2) is 0 Å². The number of hydrogen-bond acceptors (Lipinski definition) is 12. The van der Waals surface area contributed by atoms with Crippen LogP contribution in [0.2, 0.25) is 0 Å². The van der Waals surface area contributed by atoms with Crippen LogP contribution in [0.3, 0.4) is 0 Å². The van der Waals surface area contributed by atoms with Gasteiger partial charge in [0.25, 0.3) is 0 Å². The van der Waals surface area contributed by atoms with Crippen molar-refractivity contribution in [3.8, 4) is 11.5 Å². The first kappa shape index (κ1) is 49.6. The van der Waals surface area contributed by atoms with Crippen molar-refractivity contribution >= 4 is 33.7 Å². The average molecular weight is 863 g/mol. The van der Waals surface area contributed by atoms with Crippen molar-refractivity contribution < 1.29 is 53.2 Å². The van der Waals surface area contributed by atoms with Crippen LogP contribution in [0.5, 0.6) is 11.5 Å². The van der Waals surface area contributed by atoms with Gasteiger partial charge in [-0.3, -0.25) is 14.8 Å². The fraction of sp³-hybridized carbons (Fsp3) is 0.360. The van der Waals surface area contributed by atoms with E-state index in [4.69, 9.17) is 15.2 Å². The Morgan fingerprint density at radius 1 is 0.641 bits per heavy atom. The molecule has 0 saturated carbocycles. The molecule has 1 amide bonds. The first-order valence-electron chi connectivity index (χ1n) is 21.8. The monoisotopic (exact) mass is 862 g/mol. The molecule has 6 aromatic rings. The summed E-state index contributed by atoms with van der Waals surface area (Å²) < 4.78 is 11.6. The number of carboxylic acids is 1. The van der Waals surface area contributed by atoms with Crippen molar-refractivity contribution in [3.63, 3.8) is 0 Å². The molecule has 13 nitrogen and oxygen atoms in total. The first-order valence-corrected chi connectivity index (χ1v) is 21.8. The molecule has 2 aliphatic rings. The number of amides is 1. The average Bonchev–Trinajstić information content (AvgIpc) is 3.33. The van der Waals surface area contributed by atoms with Crippen LogP contribution in [0.25, 0.3) is 21.8 Å². The molecule has 2 saturated heterocycles. The molecule has 0 radical (unpaired) electrons. The van der Waals surface area contributed by atoms with Gasteiger partial charge in [-0.05, 0) is 112 Å². The summed E-state index contributed by atoms with van der Waals surface area (Å²) in [4.78, 5) is 36.2. The minimum absolute atomic E-state index is 0. The number of rotatable bonds is 15. The second kappa shape index (κ2) is 26.4. The van der Waals surface area contributed by atoms with Crippen molar-refractivity contribution in [3.05, 3.63) is 145 Å². The number of aliphatic hydroxyl groups is 2. The molecule has 2 aliphatic heterocycles. The molecule has 0 aliphatic carbocycles. The molecule has 2 aromatic heterocycles. The maximum Gasteiger partial charge on any atom is 1.00 e. The Kier molecular flexibility index (Phi) is 20.5. The summed E-state index contributed by atoms with van der Waals surface area (Å²) in [7, 11) is 0. The molecule has 64 heavy (non-hydrogen) atoms. The van der Waals surface area contributed by atoms with Gasteiger partial charge in [-0.1, -0.05) is 72.8 Å². The third kappa shape index (κ3) is 15.7. The van der Waals surface area contributed by atoms with E-state index in [-0.39, 0.29) is 49.8 Å². The molecule has 4 heterocycles. The van der Waals surface area contributed by atoms with E-state index in [0.717, 1.165) is 59.0 Å². The number of pyridine rings is 2. The zero-order valence-corrected chi connectivity index (χ0v) is 36.7. The number of aliphatic hydroxyl groups excluding tert-OH is 2. The second-order valence-electron chi connectivity index (χ2n) is 15.9. The van der Waals surface area contributed by atoms with Crippen molar-refractivity contribution in [2.75, 3.05) is 52.5 Å². The number of nitrogens with zero attached hydrogens (tertiary/aromatic N) is 4. The zero-order chi connectivity index (χ0) is 44.2. The number of fused-ring (bicyclic) bond motifs is 2. The number of likely N-dealkylation sites (tertiary alicyclic amines) is 2. The van der Waals surface area contributed by atoms with E-state index in [0.29, 0.717) is 57.9 Å². The third-order valence-corrected chi connectivity index (χ3v) is 11.3. The van der Waals surface area contributed by atoms with Gasteiger partial charge in [-0.15, -0.1) is 0 Å². The zero-order valence-electron chi connectivity index (χ0n) is 36.7. The number of benzene rings is 4. The van der Waals surface area contributed by atoms with E-state index in [1.165, 1.54) is 5.56 Å². The van der Waals surface area contributed by atoms with Gasteiger partial charge in [0.1, 0.15) is 36.9 Å². The van der Waals surface area contributed by atoms with Crippen molar-refractivity contribution in [1.29, 1.82) is 0 Å². The number of hydrogen-bond donors (Lipinski definition) is 4. The topological polar surface area (TPSA) is 186 Å². The number of nitrogens with one attached hydrogen (secondary N) is 1. The quantitative estimate of drug-likeness (QED) is 0.110. The Morgan fingerprint density at radius 2 is 1.09 bits per heavy atom. The molecule has 332 valence electrons. The summed E-state index contributed by atoms with van der Waals surface area (Å²) in [6.07, 6.45) is 5.04. The molecule has 5 N–H and O–H groups in total. The molecule has 8 rings (SSSR count). The number of ether oxygens (including phenoxy) is 2. The van der Waals surface area contributed by atoms with Gasteiger partial charge >= 0.3 is 18.9 Å². The predicted molar refractivity (Wildman–Crippen MR) is 242 cm³/mol. The van der Waals surface area contributed by atoms with Crippen molar-refractivity contribution in [2.45, 2.75) is 51.0 Å². The van der Waals surface area contributed by atoms with Crippen LogP contribution in [0, 0.1) is 11.8 Å². The molecule has 0 unspecified atom stereocenters. The molecule has 2 fully saturated rings. The Morgan fingerprint density at radius 3 is 1.53 bits per heavy atom. The molecular formula is C50H59LiN6O7. The van der Waals surface area contributed by atoms with Crippen LogP contribution >= 0.6 is 0 Å². The van der Waals surface area contributed by atoms with Gasteiger partial charge in [0.05, 0.1) is 11.0 Å². The SMILES string of the molecule is NCc1ccccc1.O=C(NCc1ccccc1)C1CCN(C[C@@H](O)COc2cccc3ncccc23)CC1.O=C([O-])C1CCN(C[C@@H](O)COc2cccc3ncccc23)CC1.[Li+]. The van der Waals surface area contributed by atoms with Crippen LogP contribution in [-0.4, -0.2) is 107 Å². The van der Waals surface area contributed by atoms with E-state index in [1.54, 1.807) is 12.4 Å². The normalized spacial score (nSPS) is 15.6. The summed E-state index contributed by atoms with van der Waals surface area (Å²) in [5.74, 6) is 0.267. The van der Waals surface area contributed by atoms with Crippen LogP contribution in [-0.2, 0) is 22.7 Å². The molecular weight excluding hydrogens is 804 g/mol. The summed E-state index contributed by atoms with van der Waals surface area (Å²) in [5.41, 5.74) is 9.38. The molecule has 0 bridgehead atoms. The van der Waals surface area contributed by atoms with Crippen LogP contribution < -0.4 is 44.5 Å². The van der Waals surface area contributed by atoms with E-state index in [1.807, 2.05) is 121 Å². The summed E-state index contributed by atoms with van der Waals surface area (Å²) in [5, 5.41) is 36.4. The molecule has 4 aromatic carbocycles. The van der Waals surface area contributed by atoms with Gasteiger partial charge in [0.15, 0.2) is 0 Å². The predicted octanol–water partition coefficient (Wildman–Crippen LogP) is 1.59. The van der Waals surface area contributed by atoms with Gasteiger partial charge < -0.3 is 50.4 Å². The van der Waals surface area contributed by atoms with E-state index in [9.17, 15) is 24.9 Å². The molecule has 14 heteroatoms. The third-order valence-electron chi connectivity index (χ3n) is 11.3. The number of aliphatic carboxylic acids is 1. The van der Waals surface area contributed by atoms with Crippen molar-refractivity contribution in [1.82, 2.24) is 25.1 Å². The first-order chi connectivity index (χ1) is 30.7. The van der Waals surface area contributed by atoms with Crippen LogP contribution in [0.4, 0.5) is 0 Å². The van der Waals surface area contributed by atoms with Gasteiger partial charge in [0, 0.05) is 67.2 Å². The maximum atomic E-state index is 12.5. The van der Waals surface area contributed by atoms with E-state index in [2.05, 4.69) is 25.1 Å². The number of aromatic nitrogens is 2. The fourth-order valence-corrected chi connectivity index (χ4v) is 7.75. The summed E-state index contributed by atoms with van der Waals surface area (Å²) in [6.45, 7) is 5.57. The number of β-amino-alcohol motifs (C(OH)–C–C–N with tert-alkyl or cyclic N) is 2. The molecule has 2 atom stereocenters. The van der Waals surface area contributed by atoms with Gasteiger partial charge in [-0.2, -0.15) is 0 Å². The maximum absolute atomic E-state index is 12.5. The van der Waals surface area contributed by atoms with Gasteiger partial charge in [0.2, 0.25) is 5.91 Å². The number of carboxylic acid groups (broad SMARTS) is 1. The summed E-state index contributed by atoms with van der Waals surface area (Å²) >= 11 is 0. The minimum atomic E-state index is -0.969. The number of carbonyl (C=O) groups is 2. The van der Waals surface area contributed by atoms with E-state index < -0.39 is 18.2 Å².